The summed E-state index contributed by atoms with van der Waals surface area (Å²) in [5.41, 5.74) is 6.26. The number of benzene rings is 3. The van der Waals surface area contributed by atoms with E-state index >= 15 is 0 Å². The van der Waals surface area contributed by atoms with Crippen LogP contribution in [0.2, 0.25) is 10.0 Å². The van der Waals surface area contributed by atoms with E-state index < -0.39 is 10.2 Å². The zero-order valence-corrected chi connectivity index (χ0v) is 31.1. The van der Waals surface area contributed by atoms with Crippen LogP contribution in [0.25, 0.3) is 0 Å². The second-order valence-electron chi connectivity index (χ2n) is 12.5. The molecule has 0 radical (unpaired) electrons. The zero-order chi connectivity index (χ0) is 33.8. The van der Waals surface area contributed by atoms with E-state index in [-0.39, 0.29) is 5.91 Å². The minimum atomic E-state index is -0.809. The number of carbonyl (C=O) groups is 1. The van der Waals surface area contributed by atoms with Gasteiger partial charge in [-0.1, -0.05) is 73.9 Å². The van der Waals surface area contributed by atoms with Gasteiger partial charge in [0.15, 0.2) is 5.17 Å². The Bertz CT molecular complexity index is 1510. The average Bonchev–Trinajstić information content (AvgIpc) is 3.03. The molecule has 248 valence electrons. The number of anilines is 3. The molecule has 1 N–H and O–H groups in total. The molecule has 1 aliphatic rings. The summed E-state index contributed by atoms with van der Waals surface area (Å²) in [4.78, 5) is 25.3. The van der Waals surface area contributed by atoms with E-state index in [1.807, 2.05) is 20.8 Å². The Morgan fingerprint density at radius 2 is 1.22 bits per heavy atom. The van der Waals surface area contributed by atoms with E-state index in [1.165, 1.54) is 11.8 Å². The molecule has 4 rings (SSSR count). The summed E-state index contributed by atoms with van der Waals surface area (Å²) in [7, 11) is 0. The van der Waals surface area contributed by atoms with Crippen molar-refractivity contribution in [2.45, 2.75) is 67.1 Å². The van der Waals surface area contributed by atoms with Crippen molar-refractivity contribution in [1.82, 2.24) is 5.32 Å². The third kappa shape index (κ3) is 7.02. The van der Waals surface area contributed by atoms with Crippen LogP contribution < -0.4 is 20.0 Å². The third-order valence-corrected chi connectivity index (χ3v) is 10.8. The molecule has 0 bridgehead atoms. The molecule has 1 aliphatic heterocycles. The molecular formula is C37H49Cl2N5OS. The first-order valence-electron chi connectivity index (χ1n) is 16.5. The maximum absolute atomic E-state index is 13.4. The number of carbonyl (C=O) groups excluding carboxylic acids is 1. The molecule has 0 aromatic heterocycles. The fraction of sp³-hybridized carbons (Fsp3) is 0.459. The highest BCUT2D eigenvalue weighted by atomic mass is 35.5. The number of amides is 1. The SMILES string of the molecule is CCN(CC)c1ccc2c(c1)N=C(NC(=O)C(C)(C)C)SC2(c1ccc(N(CC)CC)c(Cl)c1)c1ccc(N(CC)CC)c(Cl)c1. The number of fused-ring (bicyclic) bond motifs is 1. The van der Waals surface area contributed by atoms with Gasteiger partial charge in [-0.2, -0.15) is 0 Å². The number of nitrogens with zero attached hydrogens (tertiary/aromatic N) is 4. The quantitative estimate of drug-likeness (QED) is 0.218. The van der Waals surface area contributed by atoms with Crippen LogP contribution in [0.5, 0.6) is 0 Å². The molecule has 0 unspecified atom stereocenters. The lowest BCUT2D eigenvalue weighted by Gasteiger charge is -2.40. The summed E-state index contributed by atoms with van der Waals surface area (Å²) in [5.74, 6) is -0.0965. The summed E-state index contributed by atoms with van der Waals surface area (Å²) in [6.07, 6.45) is 0. The van der Waals surface area contributed by atoms with E-state index in [2.05, 4.69) is 116 Å². The van der Waals surface area contributed by atoms with Crippen LogP contribution in [0.4, 0.5) is 22.7 Å². The van der Waals surface area contributed by atoms with Crippen molar-refractivity contribution >= 4 is 68.8 Å². The average molecular weight is 683 g/mol. The van der Waals surface area contributed by atoms with Crippen LogP contribution >= 0.6 is 35.0 Å². The number of rotatable bonds is 11. The standard InChI is InChI=1S/C37H49Cl2N5OS/c1-10-42(11-2)27-18-19-28-31(24-27)40-35(41-34(45)36(7,8)9)46-37(28,25-16-20-32(29(38)22-25)43(12-3)13-4)26-17-21-33(30(39)23-26)44(14-5)15-6/h16-24H,10-15H2,1-9H3,(H,40,41,45). The minimum Gasteiger partial charge on any atom is -0.372 e. The minimum absolute atomic E-state index is 0.0965. The van der Waals surface area contributed by atoms with Gasteiger partial charge in [0.05, 0.1) is 27.1 Å². The largest absolute Gasteiger partial charge is 0.372 e. The number of amidine groups is 1. The lowest BCUT2D eigenvalue weighted by Crippen LogP contribution is -2.41. The molecule has 0 spiro atoms. The van der Waals surface area contributed by atoms with Gasteiger partial charge in [0, 0.05) is 55.9 Å². The molecule has 3 aromatic carbocycles. The fourth-order valence-corrected chi connectivity index (χ4v) is 8.00. The number of nitrogens with one attached hydrogen (secondary N) is 1. The first-order chi connectivity index (χ1) is 21.9. The van der Waals surface area contributed by atoms with Crippen molar-refractivity contribution in [2.75, 3.05) is 54.0 Å². The predicted octanol–water partition coefficient (Wildman–Crippen LogP) is 9.72. The monoisotopic (exact) mass is 681 g/mol. The van der Waals surface area contributed by atoms with Crippen molar-refractivity contribution < 1.29 is 4.79 Å². The molecule has 0 atom stereocenters. The van der Waals surface area contributed by atoms with Crippen molar-refractivity contribution in [3.05, 3.63) is 81.3 Å². The van der Waals surface area contributed by atoms with Crippen LogP contribution in [-0.4, -0.2) is 50.3 Å². The van der Waals surface area contributed by atoms with Crippen molar-refractivity contribution in [3.8, 4) is 0 Å². The van der Waals surface area contributed by atoms with Gasteiger partial charge in [0.25, 0.3) is 0 Å². The van der Waals surface area contributed by atoms with E-state index in [4.69, 9.17) is 28.2 Å². The van der Waals surface area contributed by atoms with Gasteiger partial charge < -0.3 is 20.0 Å². The second kappa shape index (κ2) is 14.9. The Labute approximate surface area is 290 Å². The summed E-state index contributed by atoms with van der Waals surface area (Å²) in [6, 6.07) is 19.2. The second-order valence-corrected chi connectivity index (χ2v) is 14.5. The summed E-state index contributed by atoms with van der Waals surface area (Å²) >= 11 is 15.7. The smallest absolute Gasteiger partial charge is 0.231 e. The van der Waals surface area contributed by atoms with E-state index in [1.54, 1.807) is 0 Å². The molecule has 9 heteroatoms. The molecular weight excluding hydrogens is 633 g/mol. The van der Waals surface area contributed by atoms with E-state index in [9.17, 15) is 4.79 Å². The fourth-order valence-electron chi connectivity index (χ4n) is 6.05. The Hall–Kier alpha value is -2.87. The molecule has 0 fully saturated rings. The molecule has 3 aromatic rings. The van der Waals surface area contributed by atoms with E-state index in [0.29, 0.717) is 15.2 Å². The van der Waals surface area contributed by atoms with Gasteiger partial charge in [0.2, 0.25) is 5.91 Å². The first-order valence-corrected chi connectivity index (χ1v) is 18.0. The highest BCUT2D eigenvalue weighted by Gasteiger charge is 2.45. The number of thioether (sulfide) groups is 1. The Balaban J connectivity index is 2.06. The van der Waals surface area contributed by atoms with Gasteiger partial charge in [0.1, 0.15) is 4.75 Å². The van der Waals surface area contributed by atoms with Crippen LogP contribution in [0, 0.1) is 5.41 Å². The highest BCUT2D eigenvalue weighted by molar-refractivity contribution is 8.15. The lowest BCUT2D eigenvalue weighted by atomic mass is 9.82. The molecule has 46 heavy (non-hydrogen) atoms. The third-order valence-electron chi connectivity index (χ3n) is 8.78. The van der Waals surface area contributed by atoms with Crippen molar-refractivity contribution in [2.24, 2.45) is 10.4 Å². The Morgan fingerprint density at radius 1 is 0.739 bits per heavy atom. The maximum atomic E-state index is 13.4. The first kappa shape index (κ1) is 36.0. The molecule has 0 saturated heterocycles. The number of hydrogen-bond donors (Lipinski definition) is 1. The zero-order valence-electron chi connectivity index (χ0n) is 28.8. The molecule has 0 saturated carbocycles. The number of hydrogen-bond acceptors (Lipinski definition) is 6. The number of halogens is 2. The predicted molar refractivity (Wildman–Crippen MR) is 202 cm³/mol. The van der Waals surface area contributed by atoms with Gasteiger partial charge in [-0.3, -0.25) is 4.79 Å². The Morgan fingerprint density at radius 3 is 1.63 bits per heavy atom. The van der Waals surface area contributed by atoms with Crippen molar-refractivity contribution in [1.29, 1.82) is 0 Å². The van der Waals surface area contributed by atoms with Gasteiger partial charge >= 0.3 is 0 Å². The van der Waals surface area contributed by atoms with Gasteiger partial charge in [-0.25, -0.2) is 4.99 Å². The molecule has 6 nitrogen and oxygen atoms in total. The topological polar surface area (TPSA) is 51.2 Å². The van der Waals surface area contributed by atoms with Crippen LogP contribution in [-0.2, 0) is 9.54 Å². The maximum Gasteiger partial charge on any atom is 0.231 e. The normalized spacial score (nSPS) is 13.9. The summed E-state index contributed by atoms with van der Waals surface area (Å²) < 4.78 is -0.809. The highest BCUT2D eigenvalue weighted by Crippen LogP contribution is 2.56. The van der Waals surface area contributed by atoms with Gasteiger partial charge in [-0.15, -0.1) is 0 Å². The summed E-state index contributed by atoms with van der Waals surface area (Å²) in [5, 5.41) is 5.07. The van der Waals surface area contributed by atoms with E-state index in [0.717, 1.165) is 78.7 Å². The van der Waals surface area contributed by atoms with Gasteiger partial charge in [-0.05, 0) is 89.1 Å². The Kier molecular flexibility index (Phi) is 11.7. The summed E-state index contributed by atoms with van der Waals surface area (Å²) in [6.45, 7) is 23.7. The molecule has 0 aliphatic carbocycles. The van der Waals surface area contributed by atoms with Crippen LogP contribution in [0.3, 0.4) is 0 Å². The molecule has 1 heterocycles. The molecule has 1 amide bonds. The lowest BCUT2D eigenvalue weighted by molar-refractivity contribution is -0.126. The van der Waals surface area contributed by atoms with Crippen LogP contribution in [0.15, 0.2) is 59.6 Å². The van der Waals surface area contributed by atoms with Crippen molar-refractivity contribution in [3.63, 3.8) is 0 Å². The number of aliphatic imine (C=N–C) groups is 1. The van der Waals surface area contributed by atoms with Crippen LogP contribution in [0.1, 0.15) is 79.0 Å².